The van der Waals surface area contributed by atoms with E-state index in [0.717, 1.165) is 0 Å². The van der Waals surface area contributed by atoms with Crippen LogP contribution in [0.4, 0.5) is 5.69 Å². The summed E-state index contributed by atoms with van der Waals surface area (Å²) in [4.78, 5) is 23.3. The van der Waals surface area contributed by atoms with Crippen molar-refractivity contribution in [2.45, 2.75) is 0 Å². The number of carbonyl (C=O) groups excluding carboxylic acids is 2. The van der Waals surface area contributed by atoms with Gasteiger partial charge < -0.3 is 19.9 Å². The van der Waals surface area contributed by atoms with Crippen molar-refractivity contribution < 1.29 is 24.2 Å². The van der Waals surface area contributed by atoms with E-state index < -0.39 is 11.9 Å². The molecule has 6 nitrogen and oxygen atoms in total. The van der Waals surface area contributed by atoms with Gasteiger partial charge in [0.15, 0.2) is 18.1 Å². The fourth-order valence-electron chi connectivity index (χ4n) is 1.87. The number of hydrogen-bond donors (Lipinski definition) is 2. The van der Waals surface area contributed by atoms with Crippen LogP contribution in [0.15, 0.2) is 54.6 Å². The van der Waals surface area contributed by atoms with Gasteiger partial charge in [-0.05, 0) is 35.9 Å². The van der Waals surface area contributed by atoms with Gasteiger partial charge in [0.05, 0.1) is 7.11 Å². The third kappa shape index (κ3) is 5.17. The fraction of sp³-hybridized carbons (Fsp3) is 0.111. The molecule has 0 unspecified atom stereocenters. The smallest absolute Gasteiger partial charge is 0.331 e. The first-order valence-electron chi connectivity index (χ1n) is 7.15. The SMILES string of the molecule is COc1cc(/C=C/C(=O)OCC(=O)Nc2ccccc2)ccc1O. The summed E-state index contributed by atoms with van der Waals surface area (Å²) in [5.74, 6) is -0.762. The van der Waals surface area contributed by atoms with Crippen molar-refractivity contribution in [3.05, 3.63) is 60.2 Å². The average molecular weight is 327 g/mol. The van der Waals surface area contributed by atoms with Gasteiger partial charge in [0, 0.05) is 11.8 Å². The zero-order chi connectivity index (χ0) is 17.4. The largest absolute Gasteiger partial charge is 0.504 e. The number of esters is 1. The van der Waals surface area contributed by atoms with Gasteiger partial charge in [-0.1, -0.05) is 24.3 Å². The highest BCUT2D eigenvalue weighted by Crippen LogP contribution is 2.26. The molecule has 0 saturated carbocycles. The molecule has 6 heteroatoms. The van der Waals surface area contributed by atoms with E-state index in [1.165, 1.54) is 25.3 Å². The molecular weight excluding hydrogens is 310 g/mol. The van der Waals surface area contributed by atoms with E-state index in [9.17, 15) is 14.7 Å². The molecule has 0 atom stereocenters. The van der Waals surface area contributed by atoms with Crippen molar-refractivity contribution in [1.82, 2.24) is 0 Å². The van der Waals surface area contributed by atoms with Crippen LogP contribution in [0.5, 0.6) is 11.5 Å². The van der Waals surface area contributed by atoms with Gasteiger partial charge in [-0.15, -0.1) is 0 Å². The second-order valence-electron chi connectivity index (χ2n) is 4.79. The normalized spacial score (nSPS) is 10.4. The Kier molecular flexibility index (Phi) is 5.96. The number of phenols is 1. The standard InChI is InChI=1S/C18H17NO5/c1-23-16-11-13(7-9-15(16)20)8-10-18(22)24-12-17(21)19-14-5-3-2-4-6-14/h2-11,20H,12H2,1H3,(H,19,21)/b10-8+. The van der Waals surface area contributed by atoms with E-state index in [4.69, 9.17) is 9.47 Å². The van der Waals surface area contributed by atoms with Gasteiger partial charge in [0.2, 0.25) is 0 Å². The van der Waals surface area contributed by atoms with Crippen LogP contribution in [0.3, 0.4) is 0 Å². The molecule has 0 aliphatic rings. The van der Waals surface area contributed by atoms with E-state index in [0.29, 0.717) is 17.0 Å². The van der Waals surface area contributed by atoms with Gasteiger partial charge in [-0.2, -0.15) is 0 Å². The molecule has 0 saturated heterocycles. The number of methoxy groups -OCH3 is 1. The first-order valence-corrected chi connectivity index (χ1v) is 7.15. The molecule has 0 fully saturated rings. The first-order chi connectivity index (χ1) is 11.6. The second-order valence-corrected chi connectivity index (χ2v) is 4.79. The number of benzene rings is 2. The zero-order valence-corrected chi connectivity index (χ0v) is 13.1. The van der Waals surface area contributed by atoms with E-state index in [-0.39, 0.29) is 12.4 Å². The summed E-state index contributed by atoms with van der Waals surface area (Å²) < 4.78 is 9.83. The van der Waals surface area contributed by atoms with E-state index in [2.05, 4.69) is 5.32 Å². The fourth-order valence-corrected chi connectivity index (χ4v) is 1.87. The lowest BCUT2D eigenvalue weighted by Gasteiger charge is -2.05. The monoisotopic (exact) mass is 327 g/mol. The lowest BCUT2D eigenvalue weighted by atomic mass is 10.2. The second kappa shape index (κ2) is 8.38. The Morgan fingerprint density at radius 2 is 1.92 bits per heavy atom. The van der Waals surface area contributed by atoms with Crippen LogP contribution in [-0.4, -0.2) is 30.7 Å². The van der Waals surface area contributed by atoms with Crippen LogP contribution in [0.1, 0.15) is 5.56 Å². The quantitative estimate of drug-likeness (QED) is 0.629. The van der Waals surface area contributed by atoms with E-state index in [1.807, 2.05) is 6.07 Å². The molecule has 0 bridgehead atoms. The highest BCUT2D eigenvalue weighted by Gasteiger charge is 2.06. The van der Waals surface area contributed by atoms with Crippen molar-refractivity contribution in [2.24, 2.45) is 0 Å². The lowest BCUT2D eigenvalue weighted by Crippen LogP contribution is -2.20. The molecular formula is C18H17NO5. The van der Waals surface area contributed by atoms with Gasteiger partial charge in [-0.25, -0.2) is 4.79 Å². The van der Waals surface area contributed by atoms with Crippen molar-refractivity contribution in [3.8, 4) is 11.5 Å². The topological polar surface area (TPSA) is 84.9 Å². The minimum absolute atomic E-state index is 0.00908. The third-order valence-electron chi connectivity index (χ3n) is 3.02. The number of hydrogen-bond acceptors (Lipinski definition) is 5. The van der Waals surface area contributed by atoms with Crippen LogP contribution >= 0.6 is 0 Å². The number of carbonyl (C=O) groups is 2. The molecule has 2 rings (SSSR count). The molecule has 0 aliphatic heterocycles. The molecule has 124 valence electrons. The summed E-state index contributed by atoms with van der Waals surface area (Å²) in [5, 5.41) is 12.1. The number of anilines is 1. The zero-order valence-electron chi connectivity index (χ0n) is 13.1. The van der Waals surface area contributed by atoms with Crippen molar-refractivity contribution >= 4 is 23.6 Å². The summed E-state index contributed by atoms with van der Waals surface area (Å²) in [6.45, 7) is -0.378. The number of para-hydroxylation sites is 1. The minimum atomic E-state index is -0.648. The maximum atomic E-state index is 11.7. The van der Waals surface area contributed by atoms with Gasteiger partial charge in [-0.3, -0.25) is 4.79 Å². The summed E-state index contributed by atoms with van der Waals surface area (Å²) in [6.07, 6.45) is 2.70. The van der Waals surface area contributed by atoms with Crippen LogP contribution < -0.4 is 10.1 Å². The molecule has 0 aromatic heterocycles. The number of ether oxygens (including phenoxy) is 2. The predicted molar refractivity (Wildman–Crippen MR) is 89.7 cm³/mol. The molecule has 0 heterocycles. The third-order valence-corrected chi connectivity index (χ3v) is 3.02. The number of nitrogens with one attached hydrogen (secondary N) is 1. The Morgan fingerprint density at radius 3 is 2.62 bits per heavy atom. The molecule has 2 aromatic carbocycles. The Labute approximate surface area is 139 Å². The van der Waals surface area contributed by atoms with Crippen LogP contribution in [0, 0.1) is 0 Å². The number of phenolic OH excluding ortho intramolecular Hbond substituents is 1. The van der Waals surface area contributed by atoms with E-state index in [1.54, 1.807) is 36.4 Å². The van der Waals surface area contributed by atoms with Gasteiger partial charge >= 0.3 is 5.97 Å². The molecule has 1 amide bonds. The Bertz CT molecular complexity index is 740. The highest BCUT2D eigenvalue weighted by atomic mass is 16.5. The minimum Gasteiger partial charge on any atom is -0.504 e. The predicted octanol–water partition coefficient (Wildman–Crippen LogP) is 2.60. The molecule has 0 radical (unpaired) electrons. The molecule has 24 heavy (non-hydrogen) atoms. The average Bonchev–Trinajstić information content (AvgIpc) is 2.60. The summed E-state index contributed by atoms with van der Waals surface area (Å²) in [5.41, 5.74) is 1.28. The van der Waals surface area contributed by atoms with Crippen LogP contribution in [0.25, 0.3) is 6.08 Å². The first kappa shape index (κ1) is 17.1. The maximum Gasteiger partial charge on any atom is 0.331 e. The number of rotatable bonds is 6. The van der Waals surface area contributed by atoms with Crippen molar-refractivity contribution in [3.63, 3.8) is 0 Å². The number of aromatic hydroxyl groups is 1. The summed E-state index contributed by atoms with van der Waals surface area (Å²) in [7, 11) is 1.43. The van der Waals surface area contributed by atoms with Gasteiger partial charge in [0.25, 0.3) is 5.91 Å². The van der Waals surface area contributed by atoms with Crippen molar-refractivity contribution in [2.75, 3.05) is 19.0 Å². The Hall–Kier alpha value is -3.28. The van der Waals surface area contributed by atoms with Crippen molar-refractivity contribution in [1.29, 1.82) is 0 Å². The van der Waals surface area contributed by atoms with E-state index >= 15 is 0 Å². The van der Waals surface area contributed by atoms with Crippen LogP contribution in [-0.2, 0) is 14.3 Å². The molecule has 0 aliphatic carbocycles. The lowest BCUT2D eigenvalue weighted by molar-refractivity contribution is -0.142. The molecule has 0 spiro atoms. The molecule has 2 aromatic rings. The maximum absolute atomic E-state index is 11.7. The Balaban J connectivity index is 1.83. The van der Waals surface area contributed by atoms with Gasteiger partial charge in [0.1, 0.15) is 0 Å². The summed E-state index contributed by atoms with van der Waals surface area (Å²) in [6, 6.07) is 13.5. The summed E-state index contributed by atoms with van der Waals surface area (Å²) >= 11 is 0. The highest BCUT2D eigenvalue weighted by molar-refractivity contribution is 5.94. The molecule has 2 N–H and O–H groups in total. The van der Waals surface area contributed by atoms with Crippen LogP contribution in [0.2, 0.25) is 0 Å². The number of amides is 1. The Morgan fingerprint density at radius 1 is 1.17 bits per heavy atom.